The minimum absolute atomic E-state index is 0.0194. The molecule has 230 valence electrons. The number of hydrogen-bond acceptors (Lipinski definition) is 8. The number of nitrogens with one attached hydrogen (secondary N) is 2. The maximum Gasteiger partial charge on any atom is 0.246 e. The normalized spacial score (nSPS) is 20.7. The number of aliphatic hydroxyl groups excluding tert-OH is 1. The van der Waals surface area contributed by atoms with Crippen LogP contribution in [0.5, 0.6) is 0 Å². The molecule has 1 unspecified atom stereocenters. The van der Waals surface area contributed by atoms with Crippen molar-refractivity contribution in [3.63, 3.8) is 0 Å². The van der Waals surface area contributed by atoms with Crippen LogP contribution in [0.25, 0.3) is 10.4 Å². The highest BCUT2D eigenvalue weighted by molar-refractivity contribution is 7.13. The molecule has 1 aromatic carbocycles. The molecule has 4 atom stereocenters. The Bertz CT molecular complexity index is 1420. The van der Waals surface area contributed by atoms with E-state index in [1.807, 2.05) is 45.0 Å². The van der Waals surface area contributed by atoms with Gasteiger partial charge in [0.2, 0.25) is 17.7 Å². The standard InChI is InChI=1S/C32H41N5O5S/c1-18(2)25(39)14-23(20-7-9-21(10-8-20)26-19(3)34-17-43-26)35-28(40)24-13-22(38)15-37(24)29(41)27(31(4,5)6)36-30(42)32(16-33)11-12-32/h7-10,17-18,22-24,27,38H,11-15H2,1-6H3,(H,35,40)(H,36,42)/t22?,23-,24-,27+/m0/s1. The maximum absolute atomic E-state index is 13.9. The van der Waals surface area contributed by atoms with Gasteiger partial charge in [-0.05, 0) is 36.3 Å². The molecule has 1 saturated carbocycles. The highest BCUT2D eigenvalue weighted by atomic mass is 32.1. The van der Waals surface area contributed by atoms with Crippen molar-refractivity contribution in [3.8, 4) is 16.5 Å². The first kappa shape index (κ1) is 32.3. The van der Waals surface area contributed by atoms with Crippen LogP contribution in [0.1, 0.15) is 77.6 Å². The van der Waals surface area contributed by atoms with Gasteiger partial charge in [-0.1, -0.05) is 58.9 Å². The Hall–Kier alpha value is -3.62. The Kier molecular flexibility index (Phi) is 9.42. The molecule has 10 nitrogen and oxygen atoms in total. The molecule has 2 aliphatic rings. The van der Waals surface area contributed by atoms with Gasteiger partial charge in [-0.15, -0.1) is 11.3 Å². The molecule has 0 radical (unpaired) electrons. The van der Waals surface area contributed by atoms with Crippen LogP contribution in [0.2, 0.25) is 0 Å². The first-order chi connectivity index (χ1) is 20.2. The summed E-state index contributed by atoms with van der Waals surface area (Å²) in [6.45, 7) is 10.9. The summed E-state index contributed by atoms with van der Waals surface area (Å²) in [5.41, 5.74) is 2.60. The highest BCUT2D eigenvalue weighted by Crippen LogP contribution is 2.45. The Balaban J connectivity index is 1.56. The van der Waals surface area contributed by atoms with Gasteiger partial charge < -0.3 is 20.6 Å². The molecule has 2 heterocycles. The summed E-state index contributed by atoms with van der Waals surface area (Å²) in [5.74, 6) is -1.72. The van der Waals surface area contributed by atoms with Crippen LogP contribution in [0.3, 0.4) is 0 Å². The topological polar surface area (TPSA) is 152 Å². The molecule has 2 fully saturated rings. The first-order valence-corrected chi connectivity index (χ1v) is 15.6. The van der Waals surface area contributed by atoms with Crippen molar-refractivity contribution in [2.75, 3.05) is 6.54 Å². The smallest absolute Gasteiger partial charge is 0.246 e. The van der Waals surface area contributed by atoms with Gasteiger partial charge in [0.15, 0.2) is 0 Å². The van der Waals surface area contributed by atoms with Crippen molar-refractivity contribution < 1.29 is 24.3 Å². The van der Waals surface area contributed by atoms with Crippen molar-refractivity contribution in [3.05, 3.63) is 41.0 Å². The molecule has 43 heavy (non-hydrogen) atoms. The number of nitrogens with zero attached hydrogens (tertiary/aromatic N) is 3. The number of ketones is 1. The number of aliphatic hydroxyl groups is 1. The quantitative estimate of drug-likeness (QED) is 0.372. The van der Waals surface area contributed by atoms with Gasteiger partial charge in [0.05, 0.1) is 34.3 Å². The Morgan fingerprint density at radius 3 is 2.33 bits per heavy atom. The predicted octanol–water partition coefficient (Wildman–Crippen LogP) is 3.69. The number of carbonyl (C=O) groups is 4. The van der Waals surface area contributed by atoms with Gasteiger partial charge in [0.25, 0.3) is 0 Å². The number of hydrogen-bond donors (Lipinski definition) is 3. The molecule has 1 saturated heterocycles. The van der Waals surface area contributed by atoms with Crippen LogP contribution in [0, 0.1) is 35.0 Å². The van der Waals surface area contributed by atoms with Gasteiger partial charge in [0, 0.05) is 25.3 Å². The molecule has 11 heteroatoms. The summed E-state index contributed by atoms with van der Waals surface area (Å²) in [5, 5.41) is 25.8. The van der Waals surface area contributed by atoms with Crippen LogP contribution < -0.4 is 10.6 Å². The number of carbonyl (C=O) groups excluding carboxylic acids is 4. The van der Waals surface area contributed by atoms with Crippen molar-refractivity contribution in [2.24, 2.45) is 16.7 Å². The fraction of sp³-hybridized carbons (Fsp3) is 0.562. The SMILES string of the molecule is Cc1ncsc1-c1ccc([C@H](CC(=O)C(C)C)NC(=O)[C@@H]2CC(O)CN2C(=O)[C@@H](NC(=O)C2(C#N)CC2)C(C)(C)C)cc1. The van der Waals surface area contributed by atoms with E-state index in [1.54, 1.807) is 26.3 Å². The molecule has 2 aromatic rings. The van der Waals surface area contributed by atoms with Gasteiger partial charge in [-0.3, -0.25) is 19.2 Å². The van der Waals surface area contributed by atoms with E-state index < -0.39 is 52.8 Å². The Labute approximate surface area is 256 Å². The van der Waals surface area contributed by atoms with Crippen molar-refractivity contribution in [2.45, 2.75) is 91.5 Å². The number of nitriles is 1. The number of amides is 3. The van der Waals surface area contributed by atoms with E-state index >= 15 is 0 Å². The number of rotatable bonds is 10. The van der Waals surface area contributed by atoms with Crippen LogP contribution in [0.15, 0.2) is 29.8 Å². The maximum atomic E-state index is 13.9. The molecule has 4 rings (SSSR count). The van der Waals surface area contributed by atoms with E-state index in [1.165, 1.54) is 16.2 Å². The van der Waals surface area contributed by atoms with Gasteiger partial charge in [-0.2, -0.15) is 5.26 Å². The van der Waals surface area contributed by atoms with E-state index in [-0.39, 0.29) is 31.1 Å². The Morgan fingerprint density at radius 1 is 1.16 bits per heavy atom. The van der Waals surface area contributed by atoms with Gasteiger partial charge >= 0.3 is 0 Å². The van der Waals surface area contributed by atoms with Gasteiger partial charge in [0.1, 0.15) is 23.3 Å². The third-order valence-corrected chi connectivity index (χ3v) is 9.32. The molecular weight excluding hydrogens is 566 g/mol. The lowest BCUT2D eigenvalue weighted by molar-refractivity contribution is -0.144. The number of β-amino-alcohol motifs (C(OH)–C–C–N with tert-alkyl or cyclic N) is 1. The largest absolute Gasteiger partial charge is 0.391 e. The summed E-state index contributed by atoms with van der Waals surface area (Å²) < 4.78 is 0. The van der Waals surface area contributed by atoms with Crippen LogP contribution in [-0.2, 0) is 19.2 Å². The average Bonchev–Trinajstić information content (AvgIpc) is 3.49. The zero-order chi connectivity index (χ0) is 31.7. The lowest BCUT2D eigenvalue weighted by Crippen LogP contribution is -2.58. The average molecular weight is 608 g/mol. The lowest BCUT2D eigenvalue weighted by Gasteiger charge is -2.36. The second-order valence-electron chi connectivity index (χ2n) is 13.1. The number of benzene rings is 1. The molecule has 1 aliphatic heterocycles. The Morgan fingerprint density at radius 2 is 1.81 bits per heavy atom. The van der Waals surface area contributed by atoms with E-state index in [0.717, 1.165) is 21.7 Å². The second-order valence-corrected chi connectivity index (χ2v) is 14.0. The number of thiazole rings is 1. The summed E-state index contributed by atoms with van der Waals surface area (Å²) >= 11 is 1.54. The summed E-state index contributed by atoms with van der Waals surface area (Å²) in [6, 6.07) is 7.05. The lowest BCUT2D eigenvalue weighted by atomic mass is 9.85. The number of likely N-dealkylation sites (tertiary alicyclic amines) is 1. The fourth-order valence-corrected chi connectivity index (χ4v) is 6.12. The van der Waals surface area contributed by atoms with Crippen LogP contribution in [-0.4, -0.2) is 63.2 Å². The number of Topliss-reactive ketones (excluding diaryl/α,β-unsaturated/α-hetero) is 1. The summed E-state index contributed by atoms with van der Waals surface area (Å²) in [7, 11) is 0. The third kappa shape index (κ3) is 7.13. The minimum Gasteiger partial charge on any atom is -0.391 e. The van der Waals surface area contributed by atoms with E-state index in [2.05, 4.69) is 21.7 Å². The van der Waals surface area contributed by atoms with Crippen molar-refractivity contribution >= 4 is 34.8 Å². The fourth-order valence-electron chi connectivity index (χ4n) is 5.31. The van der Waals surface area contributed by atoms with Crippen LogP contribution >= 0.6 is 11.3 Å². The zero-order valence-electron chi connectivity index (χ0n) is 25.6. The van der Waals surface area contributed by atoms with Crippen molar-refractivity contribution in [1.29, 1.82) is 5.26 Å². The predicted molar refractivity (Wildman–Crippen MR) is 162 cm³/mol. The van der Waals surface area contributed by atoms with Gasteiger partial charge in [-0.25, -0.2) is 4.98 Å². The summed E-state index contributed by atoms with van der Waals surface area (Å²) in [6.07, 6.45) is 0.0497. The monoisotopic (exact) mass is 607 g/mol. The minimum atomic E-state index is -1.12. The third-order valence-electron chi connectivity index (χ3n) is 8.34. The molecule has 0 bridgehead atoms. The molecule has 1 aromatic heterocycles. The van der Waals surface area contributed by atoms with Crippen molar-refractivity contribution in [1.82, 2.24) is 20.5 Å². The van der Waals surface area contributed by atoms with Crippen LogP contribution in [0.4, 0.5) is 0 Å². The molecule has 1 aliphatic carbocycles. The van der Waals surface area contributed by atoms with E-state index in [9.17, 15) is 29.5 Å². The molecule has 3 N–H and O–H groups in total. The second kappa shape index (κ2) is 12.5. The zero-order valence-corrected chi connectivity index (χ0v) is 26.5. The number of aryl methyl sites for hydroxylation is 1. The molecular formula is C32H41N5O5S. The number of aromatic nitrogens is 1. The highest BCUT2D eigenvalue weighted by Gasteiger charge is 2.53. The summed E-state index contributed by atoms with van der Waals surface area (Å²) in [4.78, 5) is 60.1. The van der Waals surface area contributed by atoms with E-state index in [0.29, 0.717) is 12.8 Å². The van der Waals surface area contributed by atoms with E-state index in [4.69, 9.17) is 0 Å². The first-order valence-electron chi connectivity index (χ1n) is 14.7. The molecule has 0 spiro atoms. The molecule has 3 amide bonds.